The molecule has 0 aliphatic rings. The molecule has 0 aliphatic carbocycles. The Morgan fingerprint density at radius 3 is 2.09 bits per heavy atom. The van der Waals surface area contributed by atoms with Gasteiger partial charge in [-0.15, -0.1) is 16.7 Å². The number of oxazole rings is 1. The summed E-state index contributed by atoms with van der Waals surface area (Å²) >= 11 is 0. The van der Waals surface area contributed by atoms with E-state index >= 15 is 0 Å². The van der Waals surface area contributed by atoms with Gasteiger partial charge in [-0.2, -0.15) is 0 Å². The standard InChI is InChI=1S/C55H51N6O2Si.Pt/c1-54(2,3)38-30-43(50(62)44(31-38)55(4,5)6)52-58-49-40(21-16-22-47(49)61(52)46-24-23-39(64(7,8)9)32-41(46)35-19-14-11-15-20-35)37-27-42(51-48(29-37)60-33-57-59-53(60)63-51)45-28-36(25-26-56-45)34-17-12-10-13-18-34;/h10-26,28-33,62H,1-9H3;/q-1;. The summed E-state index contributed by atoms with van der Waals surface area (Å²) in [5.74, 6) is 1.26. The molecule has 4 heterocycles. The molecule has 10 aromatic rings. The maximum absolute atomic E-state index is 12.5. The number of rotatable bonds is 7. The van der Waals surface area contributed by atoms with Crippen LogP contribution in [0, 0.1) is 6.07 Å². The third-order valence-corrected chi connectivity index (χ3v) is 14.3. The number of imidazole rings is 1. The summed E-state index contributed by atoms with van der Waals surface area (Å²) in [6.07, 6.45) is 3.50. The van der Waals surface area contributed by atoms with Crippen LogP contribution >= 0.6 is 0 Å². The molecular formula is C55H51N6O2PtSi-. The van der Waals surface area contributed by atoms with E-state index in [0.717, 1.165) is 66.7 Å². The molecule has 0 bridgehead atoms. The Balaban J connectivity index is 0.00000533. The second kappa shape index (κ2) is 16.2. The summed E-state index contributed by atoms with van der Waals surface area (Å²) in [6.45, 7) is 20.3. The quantitative estimate of drug-likeness (QED) is 0.126. The molecule has 0 radical (unpaired) electrons. The first-order valence-electron chi connectivity index (χ1n) is 21.9. The number of nitrogens with zero attached hydrogens (tertiary/aromatic N) is 6. The summed E-state index contributed by atoms with van der Waals surface area (Å²) in [7, 11) is -1.74. The molecule has 10 rings (SSSR count). The number of fused-ring (bicyclic) bond motifs is 4. The van der Waals surface area contributed by atoms with E-state index in [1.807, 2.05) is 34.9 Å². The number of hydrogen-bond donors (Lipinski definition) is 1. The van der Waals surface area contributed by atoms with Crippen molar-refractivity contribution < 1.29 is 30.6 Å². The van der Waals surface area contributed by atoms with Gasteiger partial charge in [-0.05, 0) is 57.3 Å². The van der Waals surface area contributed by atoms with Crippen molar-refractivity contribution in [1.29, 1.82) is 0 Å². The number of para-hydroxylation sites is 1. The zero-order chi connectivity index (χ0) is 44.7. The molecule has 65 heavy (non-hydrogen) atoms. The molecule has 0 amide bonds. The van der Waals surface area contributed by atoms with Crippen molar-refractivity contribution in [2.24, 2.45) is 0 Å². The van der Waals surface area contributed by atoms with Crippen molar-refractivity contribution in [2.45, 2.75) is 72.0 Å². The molecule has 0 aliphatic heterocycles. The van der Waals surface area contributed by atoms with Gasteiger partial charge in [0.25, 0.3) is 0 Å². The topological polar surface area (TPSA) is 94.3 Å². The van der Waals surface area contributed by atoms with Crippen LogP contribution in [0.1, 0.15) is 52.7 Å². The molecular weight excluding hydrogens is 1000 g/mol. The number of pyridine rings is 1. The van der Waals surface area contributed by atoms with Gasteiger partial charge in [-0.1, -0.05) is 186 Å². The molecule has 4 aromatic heterocycles. The zero-order valence-electron chi connectivity index (χ0n) is 38.1. The average molecular weight is 1050 g/mol. The van der Waals surface area contributed by atoms with Crippen molar-refractivity contribution in [3.8, 4) is 67.5 Å². The normalized spacial score (nSPS) is 12.3. The Kier molecular flexibility index (Phi) is 10.9. The van der Waals surface area contributed by atoms with Crippen LogP contribution in [-0.2, 0) is 31.9 Å². The van der Waals surface area contributed by atoms with Crippen molar-refractivity contribution in [3.63, 3.8) is 0 Å². The number of aromatic hydroxyl groups is 1. The minimum Gasteiger partial charge on any atom is -0.507 e. The monoisotopic (exact) mass is 1050 g/mol. The second-order valence-electron chi connectivity index (χ2n) is 19.9. The summed E-state index contributed by atoms with van der Waals surface area (Å²) in [5, 5.41) is 22.3. The Bertz CT molecular complexity index is 3410. The third kappa shape index (κ3) is 7.85. The van der Waals surface area contributed by atoms with Crippen LogP contribution in [-0.4, -0.2) is 42.3 Å². The van der Waals surface area contributed by atoms with Gasteiger partial charge < -0.3 is 9.52 Å². The Hall–Kier alpha value is -6.41. The van der Waals surface area contributed by atoms with Gasteiger partial charge >= 0.3 is 5.84 Å². The van der Waals surface area contributed by atoms with E-state index < -0.39 is 8.07 Å². The van der Waals surface area contributed by atoms with Gasteiger partial charge in [0.15, 0.2) is 0 Å². The molecule has 10 heteroatoms. The second-order valence-corrected chi connectivity index (χ2v) is 24.9. The van der Waals surface area contributed by atoms with E-state index in [1.54, 1.807) is 6.33 Å². The van der Waals surface area contributed by atoms with Crippen LogP contribution in [0.15, 0.2) is 144 Å². The number of hydrogen-bond acceptors (Lipinski definition) is 6. The van der Waals surface area contributed by atoms with E-state index in [-0.39, 0.29) is 37.6 Å². The van der Waals surface area contributed by atoms with Crippen LogP contribution in [0.3, 0.4) is 0 Å². The third-order valence-electron chi connectivity index (χ3n) is 12.3. The largest absolute Gasteiger partial charge is 0.507 e. The first-order valence-corrected chi connectivity index (χ1v) is 25.4. The summed E-state index contributed by atoms with van der Waals surface area (Å²) in [4.78, 5) is 10.5. The first kappa shape index (κ1) is 43.8. The minimum atomic E-state index is -1.74. The molecule has 1 N–H and O–H groups in total. The summed E-state index contributed by atoms with van der Waals surface area (Å²) in [5.41, 5.74) is 13.5. The van der Waals surface area contributed by atoms with Gasteiger partial charge in [-0.3, -0.25) is 14.0 Å². The predicted molar refractivity (Wildman–Crippen MR) is 263 cm³/mol. The zero-order valence-corrected chi connectivity index (χ0v) is 41.4. The van der Waals surface area contributed by atoms with Crippen LogP contribution in [0.4, 0.5) is 0 Å². The van der Waals surface area contributed by atoms with Crippen molar-refractivity contribution in [2.75, 3.05) is 0 Å². The molecule has 0 saturated heterocycles. The molecule has 8 nitrogen and oxygen atoms in total. The maximum atomic E-state index is 12.5. The molecule has 328 valence electrons. The Morgan fingerprint density at radius 1 is 0.677 bits per heavy atom. The van der Waals surface area contributed by atoms with Crippen LogP contribution in [0.2, 0.25) is 19.6 Å². The number of aromatic nitrogens is 6. The van der Waals surface area contributed by atoms with E-state index in [0.29, 0.717) is 34.1 Å². The molecule has 0 atom stereocenters. The molecule has 0 spiro atoms. The van der Waals surface area contributed by atoms with Gasteiger partial charge in [0.05, 0.1) is 35.9 Å². The molecule has 6 aromatic carbocycles. The van der Waals surface area contributed by atoms with Gasteiger partial charge in [-0.25, -0.2) is 4.98 Å². The van der Waals surface area contributed by atoms with E-state index in [1.165, 1.54) is 5.19 Å². The van der Waals surface area contributed by atoms with E-state index in [2.05, 4.69) is 185 Å². The molecule has 0 fully saturated rings. The van der Waals surface area contributed by atoms with Gasteiger partial charge in [0.2, 0.25) is 0 Å². The predicted octanol–water partition coefficient (Wildman–Crippen LogP) is 13.2. The van der Waals surface area contributed by atoms with Crippen LogP contribution in [0.5, 0.6) is 5.75 Å². The number of phenolic OH excluding ortho intramolecular Hbond substituents is 1. The van der Waals surface area contributed by atoms with E-state index in [9.17, 15) is 5.11 Å². The number of phenols is 1. The van der Waals surface area contributed by atoms with E-state index in [4.69, 9.17) is 14.4 Å². The fourth-order valence-corrected chi connectivity index (χ4v) is 9.85. The summed E-state index contributed by atoms with van der Waals surface area (Å²) in [6, 6.07) is 48.3. The summed E-state index contributed by atoms with van der Waals surface area (Å²) < 4.78 is 10.5. The van der Waals surface area contributed by atoms with Crippen LogP contribution in [0.25, 0.3) is 89.7 Å². The van der Waals surface area contributed by atoms with Gasteiger partial charge in [0.1, 0.15) is 17.9 Å². The fraction of sp³-hybridized carbons (Fsp3) is 0.200. The maximum Gasteiger partial charge on any atom is 0.318 e. The van der Waals surface area contributed by atoms with Crippen molar-refractivity contribution in [1.82, 2.24) is 29.1 Å². The minimum absolute atomic E-state index is 0. The SMILES string of the molecule is CC(C)(C)c1cc(-c2nc3c(-c4[c-]c(-c5cc(-c6ccccc6)ccn5)c5oc6nncn6c5c4)cccc3n2-c2ccc([Si](C)(C)C)cc2-c2ccccc2)c(O)c(C(C)(C)C)c1.[Pt]. The van der Waals surface area contributed by atoms with Crippen molar-refractivity contribution >= 4 is 41.2 Å². The molecule has 0 unspecified atom stereocenters. The average Bonchev–Trinajstić information content (AvgIpc) is 3.99. The fourth-order valence-electron chi connectivity index (χ4n) is 8.69. The first-order chi connectivity index (χ1) is 30.5. The van der Waals surface area contributed by atoms with Crippen molar-refractivity contribution in [3.05, 3.63) is 157 Å². The Morgan fingerprint density at radius 2 is 1.40 bits per heavy atom. The molecule has 0 saturated carbocycles. The number of benzene rings is 6. The Labute approximate surface area is 395 Å². The smallest absolute Gasteiger partial charge is 0.318 e. The van der Waals surface area contributed by atoms with Crippen LogP contribution < -0.4 is 5.19 Å². The van der Waals surface area contributed by atoms with Gasteiger partial charge in [0, 0.05) is 49.6 Å².